The van der Waals surface area contributed by atoms with Gasteiger partial charge >= 0.3 is 0 Å². The normalized spacial score (nSPS) is 12.2. The van der Waals surface area contributed by atoms with Crippen LogP contribution >= 0.6 is 0 Å². The summed E-state index contributed by atoms with van der Waals surface area (Å²) in [5, 5.41) is 21.0. The van der Waals surface area contributed by atoms with Gasteiger partial charge in [-0.25, -0.2) is 0 Å². The molecule has 1 atom stereocenters. The lowest BCUT2D eigenvalue weighted by Gasteiger charge is -2.11. The molecule has 2 N–H and O–H groups in total. The second kappa shape index (κ2) is 7.02. The summed E-state index contributed by atoms with van der Waals surface area (Å²) in [5.41, 5.74) is 1.40. The number of benzene rings is 1. The zero-order valence-electron chi connectivity index (χ0n) is 12.6. The Morgan fingerprint density at radius 2 is 1.91 bits per heavy atom. The Hall–Kier alpha value is -2.73. The minimum absolute atomic E-state index is 0.387. The Morgan fingerprint density at radius 3 is 2.74 bits per heavy atom. The number of aliphatic hydroxyl groups is 1. The molecule has 2 heterocycles. The maximum absolute atomic E-state index is 11.9. The number of hydrogen-bond acceptors (Lipinski definition) is 4. The molecule has 0 radical (unpaired) electrons. The highest BCUT2D eigenvalue weighted by atomic mass is 16.3. The van der Waals surface area contributed by atoms with E-state index in [1.54, 1.807) is 24.3 Å². The molecule has 0 saturated heterocycles. The number of nitrogens with zero attached hydrogens (tertiary/aromatic N) is 3. The van der Waals surface area contributed by atoms with Gasteiger partial charge in [-0.15, -0.1) is 10.2 Å². The summed E-state index contributed by atoms with van der Waals surface area (Å²) in [4.78, 5) is 11.9. The molecule has 0 fully saturated rings. The van der Waals surface area contributed by atoms with Crippen molar-refractivity contribution in [2.45, 2.75) is 18.9 Å². The van der Waals surface area contributed by atoms with Crippen LogP contribution in [-0.2, 0) is 11.2 Å². The lowest BCUT2D eigenvalue weighted by atomic mass is 10.1. The first kappa shape index (κ1) is 15.2. The Balaban J connectivity index is 1.49. The Bertz CT molecular complexity index is 785. The summed E-state index contributed by atoms with van der Waals surface area (Å²) >= 11 is 0. The van der Waals surface area contributed by atoms with Crippen LogP contribution in [0.2, 0.25) is 0 Å². The van der Waals surface area contributed by atoms with Gasteiger partial charge in [-0.2, -0.15) is 0 Å². The summed E-state index contributed by atoms with van der Waals surface area (Å²) in [6.07, 6.45) is 2.21. The topological polar surface area (TPSA) is 79.5 Å². The van der Waals surface area contributed by atoms with E-state index in [0.29, 0.717) is 18.5 Å². The summed E-state index contributed by atoms with van der Waals surface area (Å²) in [5.74, 6) is 0.473. The van der Waals surface area contributed by atoms with E-state index in [1.165, 1.54) is 0 Å². The van der Waals surface area contributed by atoms with Crippen molar-refractivity contribution in [2.24, 2.45) is 0 Å². The zero-order chi connectivity index (χ0) is 16.1. The maximum atomic E-state index is 11.9. The highest BCUT2D eigenvalue weighted by Crippen LogP contribution is 2.11. The van der Waals surface area contributed by atoms with E-state index < -0.39 is 6.10 Å². The molecule has 0 spiro atoms. The average molecular weight is 310 g/mol. The second-order valence-corrected chi connectivity index (χ2v) is 5.25. The van der Waals surface area contributed by atoms with Crippen LogP contribution in [0.25, 0.3) is 5.65 Å². The van der Waals surface area contributed by atoms with E-state index in [2.05, 4.69) is 15.5 Å². The van der Waals surface area contributed by atoms with E-state index in [4.69, 9.17) is 0 Å². The Labute approximate surface area is 133 Å². The van der Waals surface area contributed by atoms with Crippen LogP contribution in [0.5, 0.6) is 0 Å². The van der Waals surface area contributed by atoms with Crippen molar-refractivity contribution in [3.8, 4) is 0 Å². The van der Waals surface area contributed by atoms with Crippen molar-refractivity contribution in [1.82, 2.24) is 19.9 Å². The van der Waals surface area contributed by atoms with Crippen molar-refractivity contribution < 1.29 is 9.90 Å². The van der Waals surface area contributed by atoms with E-state index >= 15 is 0 Å². The van der Waals surface area contributed by atoms with E-state index in [-0.39, 0.29) is 5.91 Å². The molecule has 3 rings (SSSR count). The van der Waals surface area contributed by atoms with Crippen LogP contribution in [0.3, 0.4) is 0 Å². The third-order valence-corrected chi connectivity index (χ3v) is 3.62. The number of amides is 1. The van der Waals surface area contributed by atoms with Crippen LogP contribution < -0.4 is 5.32 Å². The number of aliphatic hydroxyl groups excluding tert-OH is 1. The number of aromatic nitrogens is 3. The number of hydrogen-bond donors (Lipinski definition) is 2. The third-order valence-electron chi connectivity index (χ3n) is 3.62. The zero-order valence-corrected chi connectivity index (χ0v) is 12.6. The van der Waals surface area contributed by atoms with Crippen LogP contribution in [0, 0.1) is 0 Å². The van der Waals surface area contributed by atoms with Crippen LogP contribution in [0.4, 0.5) is 0 Å². The molecule has 3 aromatic rings. The van der Waals surface area contributed by atoms with Gasteiger partial charge in [0.25, 0.3) is 5.91 Å². The Kier molecular flexibility index (Phi) is 4.63. The minimum atomic E-state index is -1.13. The van der Waals surface area contributed by atoms with Gasteiger partial charge in [0.05, 0.1) is 0 Å². The molecule has 0 aliphatic rings. The number of pyridine rings is 1. The van der Waals surface area contributed by atoms with Gasteiger partial charge in [0.1, 0.15) is 5.82 Å². The number of fused-ring (bicyclic) bond motifs is 1. The average Bonchev–Trinajstić information content (AvgIpc) is 3.02. The largest absolute Gasteiger partial charge is 0.378 e. The van der Waals surface area contributed by atoms with Crippen molar-refractivity contribution in [1.29, 1.82) is 0 Å². The van der Waals surface area contributed by atoms with Gasteiger partial charge in [0.2, 0.25) is 0 Å². The summed E-state index contributed by atoms with van der Waals surface area (Å²) in [6.45, 7) is 0.477. The number of rotatable bonds is 6. The first-order valence-electron chi connectivity index (χ1n) is 7.55. The smallest absolute Gasteiger partial charge is 0.253 e. The third kappa shape index (κ3) is 3.54. The van der Waals surface area contributed by atoms with Crippen molar-refractivity contribution in [2.75, 3.05) is 6.54 Å². The lowest BCUT2D eigenvalue weighted by Crippen LogP contribution is -2.30. The van der Waals surface area contributed by atoms with Crippen LogP contribution in [-0.4, -0.2) is 32.2 Å². The van der Waals surface area contributed by atoms with E-state index in [0.717, 1.165) is 17.9 Å². The standard InChI is InChI=1S/C17H18N4O2/c22-16(13-7-2-1-3-8-13)17(23)18-11-6-10-15-20-19-14-9-4-5-12-21(14)15/h1-5,7-9,12,16,22H,6,10-11H2,(H,18,23). The van der Waals surface area contributed by atoms with E-state index in [1.807, 2.05) is 34.9 Å². The molecule has 1 aromatic carbocycles. The predicted octanol–water partition coefficient (Wildman–Crippen LogP) is 1.51. The molecule has 1 unspecified atom stereocenters. The molecular weight excluding hydrogens is 292 g/mol. The molecule has 1 amide bonds. The fraction of sp³-hybridized carbons (Fsp3) is 0.235. The number of nitrogens with one attached hydrogen (secondary N) is 1. The number of aryl methyl sites for hydroxylation is 1. The summed E-state index contributed by atoms with van der Waals surface area (Å²) in [6, 6.07) is 14.6. The van der Waals surface area contributed by atoms with Crippen LogP contribution in [0.1, 0.15) is 23.9 Å². The maximum Gasteiger partial charge on any atom is 0.253 e. The van der Waals surface area contributed by atoms with Gasteiger partial charge in [-0.05, 0) is 24.1 Å². The van der Waals surface area contributed by atoms with Gasteiger partial charge in [-0.1, -0.05) is 36.4 Å². The fourth-order valence-corrected chi connectivity index (χ4v) is 2.40. The molecule has 0 bridgehead atoms. The van der Waals surface area contributed by atoms with Crippen molar-refractivity contribution in [3.05, 3.63) is 66.1 Å². The highest BCUT2D eigenvalue weighted by Gasteiger charge is 2.16. The Morgan fingerprint density at radius 1 is 1.13 bits per heavy atom. The SMILES string of the molecule is O=C(NCCCc1nnc2ccccn12)C(O)c1ccccc1. The summed E-state index contributed by atoms with van der Waals surface area (Å²) in [7, 11) is 0. The van der Waals surface area contributed by atoms with Gasteiger partial charge < -0.3 is 10.4 Å². The van der Waals surface area contributed by atoms with Gasteiger partial charge in [-0.3, -0.25) is 9.20 Å². The fourth-order valence-electron chi connectivity index (χ4n) is 2.40. The number of carbonyl (C=O) groups is 1. The molecule has 118 valence electrons. The number of carbonyl (C=O) groups excluding carboxylic acids is 1. The molecule has 23 heavy (non-hydrogen) atoms. The minimum Gasteiger partial charge on any atom is -0.378 e. The monoisotopic (exact) mass is 310 g/mol. The van der Waals surface area contributed by atoms with Crippen LogP contribution in [0.15, 0.2) is 54.7 Å². The van der Waals surface area contributed by atoms with E-state index in [9.17, 15) is 9.90 Å². The molecule has 0 aliphatic carbocycles. The molecule has 6 heteroatoms. The first-order valence-corrected chi connectivity index (χ1v) is 7.55. The molecular formula is C17H18N4O2. The predicted molar refractivity (Wildman–Crippen MR) is 85.7 cm³/mol. The quantitative estimate of drug-likeness (QED) is 0.676. The van der Waals surface area contributed by atoms with Gasteiger partial charge in [0, 0.05) is 19.2 Å². The summed E-state index contributed by atoms with van der Waals surface area (Å²) < 4.78 is 1.93. The second-order valence-electron chi connectivity index (χ2n) is 5.25. The van der Waals surface area contributed by atoms with Crippen molar-refractivity contribution >= 4 is 11.6 Å². The van der Waals surface area contributed by atoms with Gasteiger partial charge in [0.15, 0.2) is 11.8 Å². The highest BCUT2D eigenvalue weighted by molar-refractivity contribution is 5.81. The first-order chi connectivity index (χ1) is 11.3. The molecule has 0 saturated carbocycles. The lowest BCUT2D eigenvalue weighted by molar-refractivity contribution is -0.129. The molecule has 0 aliphatic heterocycles. The molecule has 6 nitrogen and oxygen atoms in total. The van der Waals surface area contributed by atoms with Crippen molar-refractivity contribution in [3.63, 3.8) is 0 Å². The molecule has 2 aromatic heterocycles.